The second kappa shape index (κ2) is 5.02. The highest BCUT2D eigenvalue weighted by molar-refractivity contribution is 7.99. The van der Waals surface area contributed by atoms with Crippen molar-refractivity contribution in [3.63, 3.8) is 0 Å². The third-order valence-corrected chi connectivity index (χ3v) is 3.24. The number of furan rings is 1. The van der Waals surface area contributed by atoms with Crippen molar-refractivity contribution in [2.24, 2.45) is 0 Å². The minimum absolute atomic E-state index is 0.250. The maximum atomic E-state index is 8.66. The van der Waals surface area contributed by atoms with E-state index in [9.17, 15) is 0 Å². The number of aromatic nitrogens is 5. The second-order valence-corrected chi connectivity index (χ2v) is 4.61. The molecule has 0 bridgehead atoms. The van der Waals surface area contributed by atoms with E-state index in [0.29, 0.717) is 21.8 Å². The molecule has 0 atom stereocenters. The molecule has 3 aromatic rings. The van der Waals surface area contributed by atoms with Gasteiger partial charge >= 0.3 is 0 Å². The van der Waals surface area contributed by atoms with Crippen LogP contribution in [0.1, 0.15) is 5.69 Å². The van der Waals surface area contributed by atoms with Gasteiger partial charge in [0, 0.05) is 0 Å². The Kier molecular flexibility index (Phi) is 3.06. The van der Waals surface area contributed by atoms with Crippen LogP contribution >= 0.6 is 11.8 Å². The highest BCUT2D eigenvalue weighted by Gasteiger charge is 2.15. The summed E-state index contributed by atoms with van der Waals surface area (Å²) in [6.45, 7) is 0. The lowest BCUT2D eigenvalue weighted by atomic mass is 10.4. The predicted octanol–water partition coefficient (Wildman–Crippen LogP) is 1.06. The number of hydrogen-bond donors (Lipinski definition) is 1. The molecule has 0 saturated heterocycles. The minimum atomic E-state index is 0.250. The zero-order valence-corrected chi connectivity index (χ0v) is 10.8. The Hall–Kier alpha value is -2.86. The number of rotatable bonds is 3. The number of nitriles is 1. The van der Waals surface area contributed by atoms with Gasteiger partial charge in [-0.3, -0.25) is 0 Å². The standard InChI is InChI=1S/C11H7N7OS/c12-6-7-3-4-9(15-14-7)20-11-17-16-10(18(11)13)8-2-1-5-19-8/h1-5H,13H2. The van der Waals surface area contributed by atoms with E-state index in [2.05, 4.69) is 20.4 Å². The molecule has 20 heavy (non-hydrogen) atoms. The van der Waals surface area contributed by atoms with Crippen molar-refractivity contribution >= 4 is 11.8 Å². The van der Waals surface area contributed by atoms with Gasteiger partial charge in [0.15, 0.2) is 11.5 Å². The summed E-state index contributed by atoms with van der Waals surface area (Å²) in [4.78, 5) is 0. The van der Waals surface area contributed by atoms with Crippen LogP contribution in [0.15, 0.2) is 45.1 Å². The molecule has 3 heterocycles. The second-order valence-electron chi connectivity index (χ2n) is 3.62. The summed E-state index contributed by atoms with van der Waals surface area (Å²) in [5.41, 5.74) is 0.250. The van der Waals surface area contributed by atoms with Crippen LogP contribution < -0.4 is 5.84 Å². The van der Waals surface area contributed by atoms with Crippen molar-refractivity contribution in [1.82, 2.24) is 25.1 Å². The van der Waals surface area contributed by atoms with Gasteiger partial charge in [-0.25, -0.2) is 4.68 Å². The molecule has 0 radical (unpaired) electrons. The van der Waals surface area contributed by atoms with Gasteiger partial charge in [-0.05, 0) is 36.0 Å². The molecule has 0 aliphatic carbocycles. The van der Waals surface area contributed by atoms with E-state index in [1.54, 1.807) is 24.3 Å². The molecule has 0 aromatic carbocycles. The first-order chi connectivity index (χ1) is 9.78. The molecule has 8 nitrogen and oxygen atoms in total. The molecule has 0 saturated carbocycles. The lowest BCUT2D eigenvalue weighted by Crippen LogP contribution is -2.11. The molecule has 0 aliphatic heterocycles. The quantitative estimate of drug-likeness (QED) is 0.709. The van der Waals surface area contributed by atoms with Crippen molar-refractivity contribution < 1.29 is 4.42 Å². The maximum Gasteiger partial charge on any atom is 0.218 e. The third-order valence-electron chi connectivity index (χ3n) is 2.36. The zero-order chi connectivity index (χ0) is 13.9. The van der Waals surface area contributed by atoms with Gasteiger partial charge in [0.25, 0.3) is 0 Å². The molecule has 2 N–H and O–H groups in total. The maximum absolute atomic E-state index is 8.66. The first-order valence-corrected chi connectivity index (χ1v) is 6.25. The summed E-state index contributed by atoms with van der Waals surface area (Å²) in [6.07, 6.45) is 1.53. The smallest absolute Gasteiger partial charge is 0.218 e. The van der Waals surface area contributed by atoms with Crippen molar-refractivity contribution in [3.8, 4) is 17.7 Å². The van der Waals surface area contributed by atoms with Crippen molar-refractivity contribution in [2.75, 3.05) is 5.84 Å². The van der Waals surface area contributed by atoms with Crippen LogP contribution in [-0.2, 0) is 0 Å². The van der Waals surface area contributed by atoms with Crippen LogP contribution in [0.3, 0.4) is 0 Å². The molecule has 0 spiro atoms. The van der Waals surface area contributed by atoms with Crippen LogP contribution in [0.25, 0.3) is 11.6 Å². The first-order valence-electron chi connectivity index (χ1n) is 5.44. The minimum Gasteiger partial charge on any atom is -0.461 e. The van der Waals surface area contributed by atoms with Crippen molar-refractivity contribution in [2.45, 2.75) is 10.2 Å². The van der Waals surface area contributed by atoms with Crippen LogP contribution in [0.4, 0.5) is 0 Å². The van der Waals surface area contributed by atoms with Gasteiger partial charge in [-0.1, -0.05) is 0 Å². The van der Waals surface area contributed by atoms with Crippen LogP contribution in [-0.4, -0.2) is 25.1 Å². The number of nitrogen functional groups attached to an aromatic ring is 1. The van der Waals surface area contributed by atoms with Crippen LogP contribution in [0, 0.1) is 11.3 Å². The Bertz CT molecular complexity index is 757. The SMILES string of the molecule is N#Cc1ccc(Sc2nnc(-c3ccco3)n2N)nn1. The number of nitrogens with zero attached hydrogens (tertiary/aromatic N) is 6. The molecule has 9 heteroatoms. The molecule has 0 aliphatic rings. The number of nitrogens with two attached hydrogens (primary N) is 1. The lowest BCUT2D eigenvalue weighted by Gasteiger charge is -2.00. The third kappa shape index (κ3) is 2.19. The highest BCUT2D eigenvalue weighted by atomic mass is 32.2. The average Bonchev–Trinajstić information content (AvgIpc) is 3.11. The van der Waals surface area contributed by atoms with E-state index in [0.717, 1.165) is 0 Å². The van der Waals surface area contributed by atoms with E-state index in [1.165, 1.54) is 22.7 Å². The molecular weight excluding hydrogens is 278 g/mol. The summed E-state index contributed by atoms with van der Waals surface area (Å²) in [5, 5.41) is 25.2. The molecule has 0 amide bonds. The molecular formula is C11H7N7OS. The summed E-state index contributed by atoms with van der Waals surface area (Å²) in [5.74, 6) is 6.85. The van der Waals surface area contributed by atoms with E-state index in [-0.39, 0.29) is 5.69 Å². The molecule has 3 rings (SSSR count). The molecule has 98 valence electrons. The van der Waals surface area contributed by atoms with E-state index in [4.69, 9.17) is 15.5 Å². The van der Waals surface area contributed by atoms with Gasteiger partial charge < -0.3 is 10.3 Å². The lowest BCUT2D eigenvalue weighted by molar-refractivity contribution is 0.574. The van der Waals surface area contributed by atoms with Gasteiger partial charge in [-0.15, -0.1) is 20.4 Å². The van der Waals surface area contributed by atoms with Gasteiger partial charge in [0.1, 0.15) is 11.1 Å². The Labute approximate surface area is 117 Å². The summed E-state index contributed by atoms with van der Waals surface area (Å²) in [7, 11) is 0. The summed E-state index contributed by atoms with van der Waals surface area (Å²) >= 11 is 1.19. The Morgan fingerprint density at radius 3 is 2.75 bits per heavy atom. The fourth-order valence-electron chi connectivity index (χ4n) is 1.45. The average molecular weight is 285 g/mol. The van der Waals surface area contributed by atoms with Gasteiger partial charge in [0.2, 0.25) is 11.0 Å². The van der Waals surface area contributed by atoms with E-state index >= 15 is 0 Å². The summed E-state index contributed by atoms with van der Waals surface area (Å²) < 4.78 is 6.53. The fraction of sp³-hybridized carbons (Fsp3) is 0. The number of hydrogen-bond acceptors (Lipinski definition) is 8. The van der Waals surface area contributed by atoms with Crippen molar-refractivity contribution in [1.29, 1.82) is 5.26 Å². The van der Waals surface area contributed by atoms with Crippen molar-refractivity contribution in [3.05, 3.63) is 36.2 Å². The molecule has 3 aromatic heterocycles. The largest absolute Gasteiger partial charge is 0.461 e. The van der Waals surface area contributed by atoms with E-state index in [1.807, 2.05) is 6.07 Å². The Morgan fingerprint density at radius 1 is 1.20 bits per heavy atom. The topological polar surface area (TPSA) is 119 Å². The fourth-order valence-corrected chi connectivity index (χ4v) is 2.12. The molecule has 0 unspecified atom stereocenters. The van der Waals surface area contributed by atoms with Crippen LogP contribution in [0.5, 0.6) is 0 Å². The normalized spacial score (nSPS) is 10.3. The summed E-state index contributed by atoms with van der Waals surface area (Å²) in [6, 6.07) is 8.61. The monoisotopic (exact) mass is 285 g/mol. The first kappa shape index (κ1) is 12.2. The Balaban J connectivity index is 1.86. The van der Waals surface area contributed by atoms with Crippen LogP contribution in [0.2, 0.25) is 0 Å². The molecule has 0 fully saturated rings. The van der Waals surface area contributed by atoms with Gasteiger partial charge in [-0.2, -0.15) is 5.26 Å². The van der Waals surface area contributed by atoms with E-state index < -0.39 is 0 Å². The zero-order valence-electron chi connectivity index (χ0n) is 9.96. The predicted molar refractivity (Wildman–Crippen MR) is 68.7 cm³/mol. The highest BCUT2D eigenvalue weighted by Crippen LogP contribution is 2.26. The van der Waals surface area contributed by atoms with Gasteiger partial charge in [0.05, 0.1) is 6.26 Å². The Morgan fingerprint density at radius 2 is 2.10 bits per heavy atom.